The second-order valence-corrected chi connectivity index (χ2v) is 5.66. The van der Waals surface area contributed by atoms with E-state index in [9.17, 15) is 13.2 Å². The predicted molar refractivity (Wildman–Crippen MR) is 78.3 cm³/mol. The second-order valence-electron chi connectivity index (χ2n) is 5.66. The molecular formula is C14H14F3N7. The summed E-state index contributed by atoms with van der Waals surface area (Å²) in [5.74, 6) is 0.121. The molecule has 0 radical (unpaired) electrons. The molecular weight excluding hydrogens is 323 g/mol. The van der Waals surface area contributed by atoms with Crippen LogP contribution in [0.15, 0.2) is 24.5 Å². The molecule has 0 aromatic carbocycles. The minimum absolute atomic E-state index is 0.0375. The summed E-state index contributed by atoms with van der Waals surface area (Å²) in [6.45, 7) is 0.702. The summed E-state index contributed by atoms with van der Waals surface area (Å²) in [6, 6.07) is 3.13. The lowest BCUT2D eigenvalue weighted by Gasteiger charge is -2.35. The smallest absolute Gasteiger partial charge is 0.347 e. The van der Waals surface area contributed by atoms with E-state index in [1.807, 2.05) is 4.90 Å². The minimum atomic E-state index is -4.60. The van der Waals surface area contributed by atoms with Crippen LogP contribution in [0.3, 0.4) is 0 Å². The zero-order valence-electron chi connectivity index (χ0n) is 12.5. The van der Waals surface area contributed by atoms with E-state index in [1.165, 1.54) is 6.07 Å². The summed E-state index contributed by atoms with van der Waals surface area (Å²) in [5.41, 5.74) is 0.0673. The largest absolute Gasteiger partial charge is 0.453 e. The van der Waals surface area contributed by atoms with Crippen molar-refractivity contribution >= 4 is 11.5 Å². The molecule has 0 amide bonds. The van der Waals surface area contributed by atoms with Crippen molar-refractivity contribution in [2.45, 2.75) is 31.5 Å². The van der Waals surface area contributed by atoms with Crippen molar-refractivity contribution < 1.29 is 13.2 Å². The molecule has 1 aliphatic heterocycles. The Balaban J connectivity index is 1.77. The van der Waals surface area contributed by atoms with Crippen molar-refractivity contribution in [3.05, 3.63) is 36.2 Å². The highest BCUT2D eigenvalue weighted by Gasteiger charge is 2.38. The van der Waals surface area contributed by atoms with Crippen LogP contribution < -0.4 is 4.90 Å². The standard InChI is InChI=1S/C14H14F3N7/c15-14(16,17)13-21-20-10-4-5-11(22-24(10)13)23-8-2-1-3-9(23)12-18-6-7-19-12/h4-7,9H,1-3,8H2,(H,18,19)/t9-/m1/s1. The van der Waals surface area contributed by atoms with E-state index in [0.717, 1.165) is 29.6 Å². The average molecular weight is 337 g/mol. The Labute approximate surface area is 134 Å². The molecule has 1 saturated heterocycles. The summed E-state index contributed by atoms with van der Waals surface area (Å²) in [5, 5.41) is 10.9. The molecule has 1 N–H and O–H groups in total. The number of nitrogens with one attached hydrogen (secondary N) is 1. The molecule has 0 spiro atoms. The molecule has 0 aliphatic carbocycles. The third-order valence-corrected chi connectivity index (χ3v) is 4.13. The van der Waals surface area contributed by atoms with Crippen molar-refractivity contribution in [1.82, 2.24) is 29.8 Å². The van der Waals surface area contributed by atoms with Crippen molar-refractivity contribution in [3.8, 4) is 0 Å². The molecule has 0 bridgehead atoms. The number of piperidine rings is 1. The normalized spacial score (nSPS) is 19.1. The Hall–Kier alpha value is -2.65. The van der Waals surface area contributed by atoms with Crippen LogP contribution >= 0.6 is 0 Å². The molecule has 1 fully saturated rings. The molecule has 7 nitrogen and oxygen atoms in total. The van der Waals surface area contributed by atoms with Crippen LogP contribution in [0.4, 0.5) is 19.0 Å². The lowest BCUT2D eigenvalue weighted by molar-refractivity contribution is -0.146. The van der Waals surface area contributed by atoms with E-state index in [2.05, 4.69) is 25.3 Å². The molecule has 3 aromatic rings. The van der Waals surface area contributed by atoms with Crippen molar-refractivity contribution in [2.75, 3.05) is 11.4 Å². The van der Waals surface area contributed by atoms with Gasteiger partial charge in [-0.1, -0.05) is 0 Å². The minimum Gasteiger partial charge on any atom is -0.347 e. The van der Waals surface area contributed by atoms with Gasteiger partial charge in [0.2, 0.25) is 0 Å². The number of H-pyrrole nitrogens is 1. The number of nitrogens with zero attached hydrogens (tertiary/aromatic N) is 6. The predicted octanol–water partition coefficient (Wildman–Crippen LogP) is 2.60. The number of hydrogen-bond donors (Lipinski definition) is 1. The lowest BCUT2D eigenvalue weighted by Crippen LogP contribution is -2.35. The van der Waals surface area contributed by atoms with Crippen LogP contribution in [0.1, 0.15) is 37.0 Å². The third-order valence-electron chi connectivity index (χ3n) is 4.13. The zero-order valence-corrected chi connectivity index (χ0v) is 12.5. The van der Waals surface area contributed by atoms with E-state index in [4.69, 9.17) is 0 Å². The highest BCUT2D eigenvalue weighted by molar-refractivity contribution is 5.47. The fraction of sp³-hybridized carbons (Fsp3) is 0.429. The first-order chi connectivity index (χ1) is 11.5. The van der Waals surface area contributed by atoms with Gasteiger partial charge in [0.1, 0.15) is 11.6 Å². The van der Waals surface area contributed by atoms with E-state index in [0.29, 0.717) is 12.4 Å². The van der Waals surface area contributed by atoms with Crippen LogP contribution in [0.25, 0.3) is 5.65 Å². The molecule has 126 valence electrons. The summed E-state index contributed by atoms with van der Waals surface area (Å²) < 4.78 is 39.9. The van der Waals surface area contributed by atoms with Gasteiger partial charge in [0, 0.05) is 18.9 Å². The Morgan fingerprint density at radius 2 is 2.04 bits per heavy atom. The molecule has 3 aromatic heterocycles. The van der Waals surface area contributed by atoms with Crippen molar-refractivity contribution in [3.63, 3.8) is 0 Å². The van der Waals surface area contributed by atoms with Gasteiger partial charge in [0.25, 0.3) is 5.82 Å². The van der Waals surface area contributed by atoms with Gasteiger partial charge in [-0.2, -0.15) is 17.7 Å². The maximum Gasteiger partial charge on any atom is 0.453 e. The SMILES string of the molecule is FC(F)(F)c1nnc2ccc(N3CCCC[C@@H]3c3ncc[nH]3)nn12. The molecule has 1 aliphatic rings. The highest BCUT2D eigenvalue weighted by atomic mass is 19.4. The summed E-state index contributed by atoms with van der Waals surface area (Å²) in [6.07, 6.45) is 1.64. The van der Waals surface area contributed by atoms with Crippen molar-refractivity contribution in [1.29, 1.82) is 0 Å². The average Bonchev–Trinajstić information content (AvgIpc) is 3.23. The number of aromatic amines is 1. The van der Waals surface area contributed by atoms with E-state index < -0.39 is 12.0 Å². The molecule has 4 rings (SSSR count). The fourth-order valence-electron chi connectivity index (χ4n) is 3.06. The van der Waals surface area contributed by atoms with Crippen LogP contribution in [-0.2, 0) is 6.18 Å². The number of hydrogen-bond acceptors (Lipinski definition) is 5. The van der Waals surface area contributed by atoms with Gasteiger partial charge in [0.05, 0.1) is 6.04 Å². The van der Waals surface area contributed by atoms with Gasteiger partial charge in [-0.15, -0.1) is 15.3 Å². The first-order valence-electron chi connectivity index (χ1n) is 7.59. The number of rotatable bonds is 2. The topological polar surface area (TPSA) is 75.0 Å². The number of anilines is 1. The van der Waals surface area contributed by atoms with E-state index in [1.54, 1.807) is 18.5 Å². The summed E-state index contributed by atoms with van der Waals surface area (Å²) >= 11 is 0. The van der Waals surface area contributed by atoms with Gasteiger partial charge in [-0.25, -0.2) is 4.98 Å². The maximum atomic E-state index is 13.0. The number of halogens is 3. The number of alkyl halides is 3. The lowest BCUT2D eigenvalue weighted by atomic mass is 10.0. The Kier molecular flexibility index (Phi) is 3.39. The maximum absolute atomic E-state index is 13.0. The summed E-state index contributed by atoms with van der Waals surface area (Å²) in [7, 11) is 0. The fourth-order valence-corrected chi connectivity index (χ4v) is 3.06. The van der Waals surface area contributed by atoms with E-state index >= 15 is 0 Å². The molecule has 0 unspecified atom stereocenters. The second kappa shape index (κ2) is 5.46. The Morgan fingerprint density at radius 1 is 1.17 bits per heavy atom. The Morgan fingerprint density at radius 3 is 2.79 bits per heavy atom. The highest BCUT2D eigenvalue weighted by Crippen LogP contribution is 2.33. The molecule has 24 heavy (non-hydrogen) atoms. The van der Waals surface area contributed by atoms with E-state index in [-0.39, 0.29) is 11.7 Å². The first-order valence-corrected chi connectivity index (χ1v) is 7.59. The monoisotopic (exact) mass is 337 g/mol. The van der Waals surface area contributed by atoms with Crippen LogP contribution in [0, 0.1) is 0 Å². The molecule has 10 heteroatoms. The third kappa shape index (κ3) is 2.47. The number of fused-ring (bicyclic) bond motifs is 1. The van der Waals surface area contributed by atoms with Gasteiger partial charge in [-0.3, -0.25) is 0 Å². The molecule has 1 atom stereocenters. The van der Waals surface area contributed by atoms with Gasteiger partial charge < -0.3 is 9.88 Å². The number of aromatic nitrogens is 6. The molecule has 4 heterocycles. The summed E-state index contributed by atoms with van der Waals surface area (Å²) in [4.78, 5) is 9.34. The van der Waals surface area contributed by atoms with Gasteiger partial charge in [0.15, 0.2) is 5.65 Å². The molecule has 0 saturated carbocycles. The van der Waals surface area contributed by atoms with Crippen LogP contribution in [-0.4, -0.2) is 36.3 Å². The van der Waals surface area contributed by atoms with Gasteiger partial charge >= 0.3 is 6.18 Å². The quantitative estimate of drug-likeness (QED) is 0.778. The zero-order chi connectivity index (χ0) is 16.7. The Bertz CT molecular complexity index is 840. The number of imidazole rings is 1. The van der Waals surface area contributed by atoms with Crippen LogP contribution in [0.2, 0.25) is 0 Å². The van der Waals surface area contributed by atoms with Gasteiger partial charge in [-0.05, 0) is 31.4 Å². The van der Waals surface area contributed by atoms with Crippen molar-refractivity contribution in [2.24, 2.45) is 0 Å². The van der Waals surface area contributed by atoms with Crippen LogP contribution in [0.5, 0.6) is 0 Å². The first kappa shape index (κ1) is 14.9.